The lowest BCUT2D eigenvalue weighted by atomic mass is 10.2. The van der Waals surface area contributed by atoms with E-state index in [1.165, 1.54) is 11.3 Å². The van der Waals surface area contributed by atoms with Gasteiger partial charge < -0.3 is 10.5 Å². The van der Waals surface area contributed by atoms with E-state index in [1.807, 2.05) is 13.0 Å². The SMILES string of the molecule is CCCCOC(=O)c1sc(N)cc1CC. The Labute approximate surface area is 94.2 Å². The lowest BCUT2D eigenvalue weighted by Crippen LogP contribution is -2.06. The van der Waals surface area contributed by atoms with Gasteiger partial charge in [-0.3, -0.25) is 0 Å². The van der Waals surface area contributed by atoms with Gasteiger partial charge in [0.05, 0.1) is 11.6 Å². The van der Waals surface area contributed by atoms with Crippen LogP contribution >= 0.6 is 11.3 Å². The minimum absolute atomic E-state index is 0.234. The van der Waals surface area contributed by atoms with Crippen LogP contribution in [0.2, 0.25) is 0 Å². The van der Waals surface area contributed by atoms with Crippen molar-refractivity contribution in [3.05, 3.63) is 16.5 Å². The van der Waals surface area contributed by atoms with E-state index in [2.05, 4.69) is 6.92 Å². The number of carbonyl (C=O) groups is 1. The second-order valence-electron chi connectivity index (χ2n) is 3.35. The number of esters is 1. The van der Waals surface area contributed by atoms with Gasteiger partial charge in [-0.05, 0) is 24.5 Å². The van der Waals surface area contributed by atoms with Gasteiger partial charge in [0.2, 0.25) is 0 Å². The molecule has 1 aromatic heterocycles. The van der Waals surface area contributed by atoms with Crippen molar-refractivity contribution in [3.63, 3.8) is 0 Å². The Kier molecular flexibility index (Phi) is 4.62. The summed E-state index contributed by atoms with van der Waals surface area (Å²) in [6.45, 7) is 4.56. The molecule has 0 aliphatic carbocycles. The van der Waals surface area contributed by atoms with Gasteiger partial charge in [0, 0.05) is 0 Å². The summed E-state index contributed by atoms with van der Waals surface area (Å²) in [5.41, 5.74) is 6.64. The summed E-state index contributed by atoms with van der Waals surface area (Å²) >= 11 is 1.31. The second kappa shape index (κ2) is 5.75. The summed E-state index contributed by atoms with van der Waals surface area (Å²) in [6.07, 6.45) is 2.75. The van der Waals surface area contributed by atoms with E-state index < -0.39 is 0 Å². The van der Waals surface area contributed by atoms with Crippen molar-refractivity contribution in [1.82, 2.24) is 0 Å². The van der Waals surface area contributed by atoms with Gasteiger partial charge in [-0.1, -0.05) is 20.3 Å². The molecule has 0 saturated heterocycles. The smallest absolute Gasteiger partial charge is 0.348 e. The zero-order chi connectivity index (χ0) is 11.3. The number of anilines is 1. The van der Waals surface area contributed by atoms with Crippen LogP contribution in [0.3, 0.4) is 0 Å². The summed E-state index contributed by atoms with van der Waals surface area (Å²) in [7, 11) is 0. The van der Waals surface area contributed by atoms with Crippen LogP contribution < -0.4 is 5.73 Å². The Balaban J connectivity index is 2.64. The summed E-state index contributed by atoms with van der Waals surface area (Å²) < 4.78 is 5.14. The van der Waals surface area contributed by atoms with Gasteiger partial charge in [0.15, 0.2) is 0 Å². The molecule has 15 heavy (non-hydrogen) atoms. The lowest BCUT2D eigenvalue weighted by molar-refractivity contribution is 0.0504. The number of rotatable bonds is 5. The number of thiophene rings is 1. The van der Waals surface area contributed by atoms with Crippen molar-refractivity contribution in [2.45, 2.75) is 33.1 Å². The predicted molar refractivity (Wildman–Crippen MR) is 63.3 cm³/mol. The van der Waals surface area contributed by atoms with E-state index in [0.29, 0.717) is 16.5 Å². The molecule has 0 aromatic carbocycles. The summed E-state index contributed by atoms with van der Waals surface area (Å²) in [4.78, 5) is 12.3. The first kappa shape index (κ1) is 12.0. The van der Waals surface area contributed by atoms with Crippen molar-refractivity contribution in [1.29, 1.82) is 0 Å². The largest absolute Gasteiger partial charge is 0.462 e. The monoisotopic (exact) mass is 227 g/mol. The first-order valence-corrected chi connectivity index (χ1v) is 6.06. The molecule has 0 fully saturated rings. The number of aryl methyl sites for hydroxylation is 1. The molecule has 4 heteroatoms. The molecule has 0 radical (unpaired) electrons. The Bertz CT molecular complexity index is 333. The fourth-order valence-corrected chi connectivity index (χ4v) is 2.17. The van der Waals surface area contributed by atoms with Crippen LogP contribution in [-0.2, 0) is 11.2 Å². The third-order valence-corrected chi connectivity index (χ3v) is 3.11. The highest BCUT2D eigenvalue weighted by molar-refractivity contribution is 7.17. The lowest BCUT2D eigenvalue weighted by Gasteiger charge is -2.03. The maximum atomic E-state index is 11.6. The van der Waals surface area contributed by atoms with E-state index in [9.17, 15) is 4.79 Å². The van der Waals surface area contributed by atoms with Crippen LogP contribution in [0.15, 0.2) is 6.07 Å². The summed E-state index contributed by atoms with van der Waals surface area (Å²) in [5, 5.41) is 0.675. The van der Waals surface area contributed by atoms with Crippen LogP contribution in [0.25, 0.3) is 0 Å². The molecule has 0 atom stereocenters. The maximum absolute atomic E-state index is 11.6. The van der Waals surface area contributed by atoms with E-state index in [1.54, 1.807) is 0 Å². The van der Waals surface area contributed by atoms with Gasteiger partial charge in [-0.25, -0.2) is 4.79 Å². The molecule has 3 nitrogen and oxygen atoms in total. The minimum Gasteiger partial charge on any atom is -0.462 e. The Morgan fingerprint density at radius 1 is 1.53 bits per heavy atom. The van der Waals surface area contributed by atoms with Crippen LogP contribution in [-0.4, -0.2) is 12.6 Å². The van der Waals surface area contributed by atoms with Crippen molar-refractivity contribution in [2.75, 3.05) is 12.3 Å². The maximum Gasteiger partial charge on any atom is 0.348 e. The zero-order valence-electron chi connectivity index (χ0n) is 9.21. The summed E-state index contributed by atoms with van der Waals surface area (Å²) in [6, 6.07) is 1.85. The minimum atomic E-state index is -0.234. The quantitative estimate of drug-likeness (QED) is 0.621. The zero-order valence-corrected chi connectivity index (χ0v) is 10.0. The average Bonchev–Trinajstić information content (AvgIpc) is 2.60. The highest BCUT2D eigenvalue weighted by Gasteiger charge is 2.15. The summed E-state index contributed by atoms with van der Waals surface area (Å²) in [5.74, 6) is -0.234. The molecule has 1 rings (SSSR count). The van der Waals surface area contributed by atoms with Crippen LogP contribution in [0.4, 0.5) is 5.00 Å². The van der Waals surface area contributed by atoms with Crippen LogP contribution in [0.1, 0.15) is 41.9 Å². The number of ether oxygens (including phenoxy) is 1. The van der Waals surface area contributed by atoms with Crippen LogP contribution in [0.5, 0.6) is 0 Å². The molecule has 1 aromatic rings. The first-order chi connectivity index (χ1) is 7.19. The molecule has 1 heterocycles. The Hall–Kier alpha value is -1.03. The van der Waals surface area contributed by atoms with Gasteiger partial charge in [0.25, 0.3) is 0 Å². The number of nitrogens with two attached hydrogens (primary N) is 1. The van der Waals surface area contributed by atoms with Gasteiger partial charge in [-0.15, -0.1) is 11.3 Å². The molecule has 2 N–H and O–H groups in total. The molecule has 0 bridgehead atoms. The number of hydrogen-bond donors (Lipinski definition) is 1. The fourth-order valence-electron chi connectivity index (χ4n) is 1.26. The number of unbranched alkanes of at least 4 members (excludes halogenated alkanes) is 1. The molecule has 0 aliphatic heterocycles. The van der Waals surface area contributed by atoms with E-state index >= 15 is 0 Å². The van der Waals surface area contributed by atoms with Crippen molar-refractivity contribution in [3.8, 4) is 0 Å². The molecule has 0 unspecified atom stereocenters. The van der Waals surface area contributed by atoms with E-state index in [-0.39, 0.29) is 5.97 Å². The number of carbonyl (C=O) groups excluding carboxylic acids is 1. The molecular formula is C11H17NO2S. The van der Waals surface area contributed by atoms with Crippen molar-refractivity contribution < 1.29 is 9.53 Å². The van der Waals surface area contributed by atoms with Gasteiger partial charge in [0.1, 0.15) is 4.88 Å². The molecule has 84 valence electrons. The Morgan fingerprint density at radius 3 is 2.87 bits per heavy atom. The highest BCUT2D eigenvalue weighted by Crippen LogP contribution is 2.25. The molecular weight excluding hydrogens is 210 g/mol. The third-order valence-electron chi connectivity index (χ3n) is 2.13. The van der Waals surface area contributed by atoms with E-state index in [0.717, 1.165) is 24.8 Å². The molecule has 0 spiro atoms. The fraction of sp³-hybridized carbons (Fsp3) is 0.545. The molecule has 0 amide bonds. The van der Waals surface area contributed by atoms with Crippen LogP contribution in [0, 0.1) is 0 Å². The molecule has 0 aliphatic rings. The predicted octanol–water partition coefficient (Wildman–Crippen LogP) is 2.85. The second-order valence-corrected chi connectivity index (χ2v) is 4.43. The third kappa shape index (κ3) is 3.23. The number of nitrogen functional groups attached to an aromatic ring is 1. The van der Waals surface area contributed by atoms with Crippen molar-refractivity contribution in [2.24, 2.45) is 0 Å². The standard InChI is InChI=1S/C11H17NO2S/c1-3-5-6-14-11(13)10-8(4-2)7-9(12)15-10/h7H,3-6,12H2,1-2H3. The first-order valence-electron chi connectivity index (χ1n) is 5.24. The number of hydrogen-bond acceptors (Lipinski definition) is 4. The van der Waals surface area contributed by atoms with Crippen molar-refractivity contribution >= 4 is 22.3 Å². The van der Waals surface area contributed by atoms with Gasteiger partial charge in [-0.2, -0.15) is 0 Å². The van der Waals surface area contributed by atoms with E-state index in [4.69, 9.17) is 10.5 Å². The molecule has 0 saturated carbocycles. The Morgan fingerprint density at radius 2 is 2.27 bits per heavy atom. The normalized spacial score (nSPS) is 10.3. The topological polar surface area (TPSA) is 52.3 Å². The highest BCUT2D eigenvalue weighted by atomic mass is 32.1. The van der Waals surface area contributed by atoms with Gasteiger partial charge >= 0.3 is 5.97 Å². The average molecular weight is 227 g/mol.